The number of methoxy groups -OCH3 is 1. The number of hydrogen-bond donors (Lipinski definition) is 1. The molecule has 3 rings (SSSR count). The first-order chi connectivity index (χ1) is 16.4. The number of ether oxygens (including phenoxy) is 3. The number of nitro groups is 1. The van der Waals surface area contributed by atoms with Gasteiger partial charge in [-0.05, 0) is 82.5 Å². The number of nitrogens with zero attached hydrogens (tertiary/aromatic N) is 2. The molecule has 0 aliphatic heterocycles. The summed E-state index contributed by atoms with van der Waals surface area (Å²) in [7, 11) is 1.53. The van der Waals surface area contributed by atoms with E-state index in [2.05, 4.69) is 26.5 Å². The van der Waals surface area contributed by atoms with Gasteiger partial charge < -0.3 is 14.2 Å². The quantitative estimate of drug-likeness (QED) is 0.223. The molecule has 0 aliphatic carbocycles. The Morgan fingerprint density at radius 1 is 1.06 bits per heavy atom. The van der Waals surface area contributed by atoms with E-state index < -0.39 is 4.92 Å². The van der Waals surface area contributed by atoms with Crippen molar-refractivity contribution in [2.75, 3.05) is 13.7 Å². The molecule has 34 heavy (non-hydrogen) atoms. The SMILES string of the molecule is CCOc1cc(C(=O)N/N=C/c2ccc(OCc3ccc([N+](=O)[O-])cc3)c(Br)c2)ccc1OC. The second-order valence-corrected chi connectivity index (χ2v) is 7.75. The maximum atomic E-state index is 12.4. The number of rotatable bonds is 10. The average Bonchev–Trinajstić information content (AvgIpc) is 2.84. The molecule has 176 valence electrons. The summed E-state index contributed by atoms with van der Waals surface area (Å²) in [5, 5.41) is 14.7. The lowest BCUT2D eigenvalue weighted by Crippen LogP contribution is -2.17. The predicted octanol–water partition coefficient (Wildman–Crippen LogP) is 5.11. The Morgan fingerprint density at radius 2 is 1.79 bits per heavy atom. The summed E-state index contributed by atoms with van der Waals surface area (Å²) in [6.07, 6.45) is 1.51. The van der Waals surface area contributed by atoms with Gasteiger partial charge in [-0.3, -0.25) is 14.9 Å². The average molecular weight is 528 g/mol. The fraction of sp³-hybridized carbons (Fsp3) is 0.167. The van der Waals surface area contributed by atoms with Crippen LogP contribution in [0.1, 0.15) is 28.4 Å². The molecule has 10 heteroatoms. The Morgan fingerprint density at radius 3 is 2.44 bits per heavy atom. The van der Waals surface area contributed by atoms with E-state index >= 15 is 0 Å². The number of non-ortho nitro benzene ring substituents is 1. The third kappa shape index (κ3) is 6.55. The monoisotopic (exact) mass is 527 g/mol. The topological polar surface area (TPSA) is 112 Å². The van der Waals surface area contributed by atoms with Gasteiger partial charge in [-0.25, -0.2) is 5.43 Å². The molecule has 1 N–H and O–H groups in total. The second kappa shape index (κ2) is 11.8. The van der Waals surface area contributed by atoms with Crippen molar-refractivity contribution in [3.05, 3.63) is 91.9 Å². The molecule has 0 bridgehead atoms. The molecule has 0 fully saturated rings. The van der Waals surface area contributed by atoms with Crippen molar-refractivity contribution >= 4 is 33.7 Å². The Balaban J connectivity index is 1.58. The largest absolute Gasteiger partial charge is 0.493 e. The van der Waals surface area contributed by atoms with Crippen LogP contribution < -0.4 is 19.6 Å². The summed E-state index contributed by atoms with van der Waals surface area (Å²) in [4.78, 5) is 22.7. The highest BCUT2D eigenvalue weighted by Gasteiger charge is 2.11. The number of benzene rings is 3. The van der Waals surface area contributed by atoms with Gasteiger partial charge >= 0.3 is 0 Å². The molecule has 0 heterocycles. The van der Waals surface area contributed by atoms with E-state index in [-0.39, 0.29) is 18.2 Å². The van der Waals surface area contributed by atoms with Crippen molar-refractivity contribution < 1.29 is 23.9 Å². The van der Waals surface area contributed by atoms with Gasteiger partial charge in [0.05, 0.1) is 29.3 Å². The molecule has 0 aromatic heterocycles. The Hall–Kier alpha value is -3.92. The molecular formula is C24H22BrN3O6. The molecule has 0 saturated heterocycles. The van der Waals surface area contributed by atoms with Crippen LogP contribution in [-0.4, -0.2) is 30.8 Å². The van der Waals surface area contributed by atoms with Gasteiger partial charge in [0.2, 0.25) is 0 Å². The number of hydrazone groups is 1. The molecular weight excluding hydrogens is 506 g/mol. The molecule has 0 aliphatic rings. The van der Waals surface area contributed by atoms with Gasteiger partial charge in [0, 0.05) is 17.7 Å². The third-order valence-corrected chi connectivity index (χ3v) is 5.22. The highest BCUT2D eigenvalue weighted by atomic mass is 79.9. The molecule has 0 radical (unpaired) electrons. The van der Waals surface area contributed by atoms with Crippen LogP contribution in [-0.2, 0) is 6.61 Å². The first kappa shape index (κ1) is 24.7. The summed E-state index contributed by atoms with van der Waals surface area (Å²) in [5.74, 6) is 1.24. The summed E-state index contributed by atoms with van der Waals surface area (Å²) in [5.41, 5.74) is 4.44. The second-order valence-electron chi connectivity index (χ2n) is 6.90. The number of halogens is 1. The summed E-state index contributed by atoms with van der Waals surface area (Å²) in [6, 6.07) is 16.4. The van der Waals surface area contributed by atoms with Gasteiger partial charge in [0.25, 0.3) is 11.6 Å². The minimum atomic E-state index is -0.445. The molecule has 0 spiro atoms. The molecule has 9 nitrogen and oxygen atoms in total. The van der Waals surface area contributed by atoms with Crippen LogP contribution in [0.15, 0.2) is 70.2 Å². The number of carbonyl (C=O) groups excluding carboxylic acids is 1. The standard InChI is InChI=1S/C24H22BrN3O6/c1-3-33-23-13-18(7-11-22(23)32-2)24(29)27-26-14-17-6-10-21(20(25)12-17)34-15-16-4-8-19(9-5-16)28(30)31/h4-14H,3,15H2,1-2H3,(H,27,29)/b26-14+. The van der Waals surface area contributed by atoms with Crippen LogP contribution in [0, 0.1) is 10.1 Å². The Kier molecular flexibility index (Phi) is 8.58. The number of nitro benzene ring substituents is 1. The molecule has 1 amide bonds. The van der Waals surface area contributed by atoms with E-state index in [1.807, 2.05) is 6.92 Å². The van der Waals surface area contributed by atoms with Crippen molar-refractivity contribution in [3.8, 4) is 17.2 Å². The lowest BCUT2D eigenvalue weighted by atomic mass is 10.2. The highest BCUT2D eigenvalue weighted by Crippen LogP contribution is 2.28. The van der Waals surface area contributed by atoms with E-state index in [0.29, 0.717) is 33.9 Å². The van der Waals surface area contributed by atoms with E-state index in [9.17, 15) is 14.9 Å². The van der Waals surface area contributed by atoms with Gasteiger partial charge in [-0.1, -0.05) is 0 Å². The lowest BCUT2D eigenvalue weighted by Gasteiger charge is -2.10. The van der Waals surface area contributed by atoms with Crippen molar-refractivity contribution in [1.29, 1.82) is 0 Å². The van der Waals surface area contributed by atoms with E-state index in [0.717, 1.165) is 11.1 Å². The molecule has 0 unspecified atom stereocenters. The van der Waals surface area contributed by atoms with Crippen molar-refractivity contribution in [2.24, 2.45) is 5.10 Å². The lowest BCUT2D eigenvalue weighted by molar-refractivity contribution is -0.384. The minimum Gasteiger partial charge on any atom is -0.493 e. The van der Waals surface area contributed by atoms with Crippen molar-refractivity contribution in [2.45, 2.75) is 13.5 Å². The summed E-state index contributed by atoms with van der Waals surface area (Å²) < 4.78 is 17.2. The van der Waals surface area contributed by atoms with Crippen molar-refractivity contribution in [3.63, 3.8) is 0 Å². The van der Waals surface area contributed by atoms with Crippen LogP contribution in [0.2, 0.25) is 0 Å². The Bertz CT molecular complexity index is 1200. The zero-order valence-electron chi connectivity index (χ0n) is 18.5. The Labute approximate surface area is 204 Å². The fourth-order valence-corrected chi connectivity index (χ4v) is 3.42. The van der Waals surface area contributed by atoms with Gasteiger partial charge in [0.15, 0.2) is 11.5 Å². The van der Waals surface area contributed by atoms with Crippen LogP contribution in [0.25, 0.3) is 0 Å². The van der Waals surface area contributed by atoms with E-state index in [1.165, 1.54) is 25.5 Å². The molecule has 3 aromatic rings. The summed E-state index contributed by atoms with van der Waals surface area (Å²) >= 11 is 3.46. The number of hydrogen-bond acceptors (Lipinski definition) is 7. The minimum absolute atomic E-state index is 0.0300. The smallest absolute Gasteiger partial charge is 0.271 e. The van der Waals surface area contributed by atoms with Crippen LogP contribution in [0.3, 0.4) is 0 Å². The molecule has 3 aromatic carbocycles. The van der Waals surface area contributed by atoms with Gasteiger partial charge in [0.1, 0.15) is 12.4 Å². The van der Waals surface area contributed by atoms with E-state index in [4.69, 9.17) is 14.2 Å². The fourth-order valence-electron chi connectivity index (χ4n) is 2.91. The zero-order chi connectivity index (χ0) is 24.5. The normalized spacial score (nSPS) is 10.7. The van der Waals surface area contributed by atoms with E-state index in [1.54, 1.807) is 48.5 Å². The van der Waals surface area contributed by atoms with Crippen LogP contribution in [0.5, 0.6) is 17.2 Å². The predicted molar refractivity (Wildman–Crippen MR) is 131 cm³/mol. The van der Waals surface area contributed by atoms with Crippen molar-refractivity contribution in [1.82, 2.24) is 5.43 Å². The zero-order valence-corrected chi connectivity index (χ0v) is 20.1. The number of carbonyl (C=O) groups is 1. The highest BCUT2D eigenvalue weighted by molar-refractivity contribution is 9.10. The number of nitrogens with one attached hydrogen (secondary N) is 1. The van der Waals surface area contributed by atoms with Gasteiger partial charge in [-0.2, -0.15) is 5.10 Å². The first-order valence-corrected chi connectivity index (χ1v) is 11.0. The van der Waals surface area contributed by atoms with Gasteiger partial charge in [-0.15, -0.1) is 0 Å². The summed E-state index contributed by atoms with van der Waals surface area (Å²) in [6.45, 7) is 2.55. The van der Waals surface area contributed by atoms with Crippen LogP contribution in [0.4, 0.5) is 5.69 Å². The van der Waals surface area contributed by atoms with Crippen LogP contribution >= 0.6 is 15.9 Å². The molecule has 0 saturated carbocycles. The third-order valence-electron chi connectivity index (χ3n) is 4.60. The molecule has 0 atom stereocenters. The maximum absolute atomic E-state index is 12.4. The first-order valence-electron chi connectivity index (χ1n) is 10.2. The number of amides is 1. The maximum Gasteiger partial charge on any atom is 0.271 e.